The molecule has 3 rings (SSSR count). The molecule has 2 aromatic heterocycles. The van der Waals surface area contributed by atoms with Gasteiger partial charge in [0, 0.05) is 18.0 Å². The number of aromatic hydroxyl groups is 1. The van der Waals surface area contributed by atoms with Crippen LogP contribution in [0.5, 0.6) is 5.75 Å². The second-order valence-electron chi connectivity index (χ2n) is 4.36. The molecule has 19 heavy (non-hydrogen) atoms. The summed E-state index contributed by atoms with van der Waals surface area (Å²) in [6.45, 7) is 3.72. The first-order valence-electron chi connectivity index (χ1n) is 5.73. The topological polar surface area (TPSA) is 63.3 Å². The average molecular weight is 275 g/mol. The van der Waals surface area contributed by atoms with Crippen LogP contribution in [0.3, 0.4) is 0 Å². The van der Waals surface area contributed by atoms with Crippen LogP contribution in [-0.4, -0.2) is 24.7 Å². The van der Waals surface area contributed by atoms with E-state index in [-0.39, 0.29) is 5.75 Å². The van der Waals surface area contributed by atoms with E-state index in [1.807, 2.05) is 20.0 Å². The number of phenols is 1. The summed E-state index contributed by atoms with van der Waals surface area (Å²) in [5, 5.41) is 14.1. The van der Waals surface area contributed by atoms with Crippen LogP contribution in [0.15, 0.2) is 24.5 Å². The molecule has 6 heteroatoms. The highest BCUT2D eigenvalue weighted by Gasteiger charge is 2.09. The summed E-state index contributed by atoms with van der Waals surface area (Å²) in [4.78, 5) is 8.43. The zero-order valence-corrected chi connectivity index (χ0v) is 11.2. The lowest BCUT2D eigenvalue weighted by Crippen LogP contribution is -1.93. The lowest BCUT2D eigenvalue weighted by atomic mass is 10.0. The van der Waals surface area contributed by atoms with Gasteiger partial charge in [-0.25, -0.2) is 9.50 Å². The Hall–Kier alpha value is -2.14. The first-order chi connectivity index (χ1) is 9.04. The Bertz CT molecular complexity index is 782. The number of hydrogen-bond donors (Lipinski definition) is 1. The fraction of sp³-hybridized carbons (Fsp3) is 0.154. The van der Waals surface area contributed by atoms with Gasteiger partial charge >= 0.3 is 0 Å². The van der Waals surface area contributed by atoms with Gasteiger partial charge in [0.05, 0.1) is 5.02 Å². The smallest absolute Gasteiger partial charge is 0.252 e. The summed E-state index contributed by atoms with van der Waals surface area (Å²) < 4.78 is 1.63. The molecule has 3 aromatic rings. The predicted molar refractivity (Wildman–Crippen MR) is 72.4 cm³/mol. The van der Waals surface area contributed by atoms with Crippen LogP contribution in [-0.2, 0) is 0 Å². The number of hydrogen-bond acceptors (Lipinski definition) is 4. The van der Waals surface area contributed by atoms with Crippen molar-refractivity contribution in [2.24, 2.45) is 0 Å². The van der Waals surface area contributed by atoms with Crippen LogP contribution < -0.4 is 0 Å². The minimum Gasteiger partial charge on any atom is -0.506 e. The van der Waals surface area contributed by atoms with Crippen molar-refractivity contribution in [1.82, 2.24) is 19.6 Å². The van der Waals surface area contributed by atoms with E-state index in [1.54, 1.807) is 22.8 Å². The molecule has 0 aliphatic carbocycles. The van der Waals surface area contributed by atoms with Crippen LogP contribution in [0, 0.1) is 13.8 Å². The molecule has 0 fully saturated rings. The van der Waals surface area contributed by atoms with Gasteiger partial charge in [-0.15, -0.1) is 0 Å². The number of rotatable bonds is 1. The highest BCUT2D eigenvalue weighted by atomic mass is 35.5. The number of phenolic OH excluding ortho intramolecular Hbond substituents is 1. The second-order valence-corrected chi connectivity index (χ2v) is 4.77. The van der Waals surface area contributed by atoms with E-state index in [4.69, 9.17) is 11.6 Å². The molecule has 0 aliphatic heterocycles. The third-order valence-electron chi connectivity index (χ3n) is 2.90. The number of fused-ring (bicyclic) bond motifs is 1. The molecule has 0 bridgehead atoms. The maximum atomic E-state index is 9.57. The zero-order valence-electron chi connectivity index (χ0n) is 10.4. The summed E-state index contributed by atoms with van der Waals surface area (Å²) in [5.74, 6) is 1.31. The molecule has 0 amide bonds. The van der Waals surface area contributed by atoms with E-state index in [0.717, 1.165) is 16.7 Å². The Morgan fingerprint density at radius 3 is 2.84 bits per heavy atom. The SMILES string of the molecule is Cc1nc2ncc(-c3cc(Cl)c(O)cc3C)cn2n1. The summed E-state index contributed by atoms with van der Waals surface area (Å²) >= 11 is 5.95. The first kappa shape index (κ1) is 11.9. The monoisotopic (exact) mass is 274 g/mol. The predicted octanol–water partition coefficient (Wildman–Crippen LogP) is 2.77. The fourth-order valence-corrected chi connectivity index (χ4v) is 2.17. The minimum absolute atomic E-state index is 0.0774. The van der Waals surface area contributed by atoms with Gasteiger partial charge in [-0.05, 0) is 37.1 Å². The fourth-order valence-electron chi connectivity index (χ4n) is 2.00. The number of aryl methyl sites for hydroxylation is 2. The molecule has 0 saturated carbocycles. The Kier molecular flexibility index (Phi) is 2.64. The van der Waals surface area contributed by atoms with Crippen molar-refractivity contribution in [3.05, 3.63) is 40.9 Å². The van der Waals surface area contributed by atoms with E-state index in [0.29, 0.717) is 16.6 Å². The molecule has 0 aliphatic rings. The molecule has 1 N–H and O–H groups in total. The lowest BCUT2D eigenvalue weighted by Gasteiger charge is -2.07. The molecule has 0 unspecified atom stereocenters. The number of aromatic nitrogens is 4. The summed E-state index contributed by atoms with van der Waals surface area (Å²) in [6.07, 6.45) is 3.57. The van der Waals surface area contributed by atoms with Crippen molar-refractivity contribution in [3.8, 4) is 16.9 Å². The van der Waals surface area contributed by atoms with E-state index < -0.39 is 0 Å². The Labute approximate surface area is 114 Å². The summed E-state index contributed by atoms with van der Waals surface area (Å²) in [7, 11) is 0. The highest BCUT2D eigenvalue weighted by Crippen LogP contribution is 2.32. The van der Waals surface area contributed by atoms with Crippen molar-refractivity contribution in [2.75, 3.05) is 0 Å². The van der Waals surface area contributed by atoms with Gasteiger partial charge in [0.1, 0.15) is 11.6 Å². The Balaban J connectivity index is 2.21. The van der Waals surface area contributed by atoms with Crippen molar-refractivity contribution >= 4 is 17.4 Å². The van der Waals surface area contributed by atoms with Crippen LogP contribution in [0.4, 0.5) is 0 Å². The number of benzene rings is 1. The van der Waals surface area contributed by atoms with Gasteiger partial charge < -0.3 is 5.11 Å². The van der Waals surface area contributed by atoms with Crippen molar-refractivity contribution in [3.63, 3.8) is 0 Å². The number of nitrogens with zero attached hydrogens (tertiary/aromatic N) is 4. The van der Waals surface area contributed by atoms with Crippen LogP contribution >= 0.6 is 11.6 Å². The zero-order chi connectivity index (χ0) is 13.6. The molecular formula is C13H11ClN4O. The van der Waals surface area contributed by atoms with Crippen molar-refractivity contribution in [1.29, 1.82) is 0 Å². The molecule has 0 radical (unpaired) electrons. The Morgan fingerprint density at radius 2 is 2.05 bits per heavy atom. The van der Waals surface area contributed by atoms with Crippen molar-refractivity contribution < 1.29 is 5.11 Å². The largest absolute Gasteiger partial charge is 0.506 e. The Morgan fingerprint density at radius 1 is 1.26 bits per heavy atom. The first-order valence-corrected chi connectivity index (χ1v) is 6.11. The molecular weight excluding hydrogens is 264 g/mol. The molecule has 1 aromatic carbocycles. The highest BCUT2D eigenvalue weighted by molar-refractivity contribution is 6.32. The molecule has 5 nitrogen and oxygen atoms in total. The maximum absolute atomic E-state index is 9.57. The van der Waals surface area contributed by atoms with Crippen LogP contribution in [0.2, 0.25) is 5.02 Å². The number of halogens is 1. The van der Waals surface area contributed by atoms with Gasteiger partial charge in [0.2, 0.25) is 0 Å². The van der Waals surface area contributed by atoms with E-state index in [2.05, 4.69) is 15.1 Å². The average Bonchev–Trinajstić information content (AvgIpc) is 2.72. The molecule has 2 heterocycles. The van der Waals surface area contributed by atoms with Gasteiger partial charge in [0.25, 0.3) is 5.78 Å². The van der Waals surface area contributed by atoms with Gasteiger partial charge in [-0.1, -0.05) is 11.6 Å². The van der Waals surface area contributed by atoms with E-state index >= 15 is 0 Å². The quantitative estimate of drug-likeness (QED) is 0.741. The van der Waals surface area contributed by atoms with Gasteiger partial charge in [-0.3, -0.25) is 0 Å². The third kappa shape index (κ3) is 2.02. The maximum Gasteiger partial charge on any atom is 0.252 e. The van der Waals surface area contributed by atoms with Gasteiger partial charge in [0.15, 0.2) is 0 Å². The normalized spacial score (nSPS) is 11.1. The lowest BCUT2D eigenvalue weighted by molar-refractivity contribution is 0.475. The summed E-state index contributed by atoms with van der Waals surface area (Å²) in [5.41, 5.74) is 2.70. The molecule has 0 spiro atoms. The summed E-state index contributed by atoms with van der Waals surface area (Å²) in [6, 6.07) is 3.35. The minimum atomic E-state index is 0.0774. The van der Waals surface area contributed by atoms with Gasteiger partial charge in [-0.2, -0.15) is 10.1 Å². The van der Waals surface area contributed by atoms with E-state index in [1.165, 1.54) is 0 Å². The van der Waals surface area contributed by atoms with Crippen LogP contribution in [0.25, 0.3) is 16.9 Å². The third-order valence-corrected chi connectivity index (χ3v) is 3.21. The van der Waals surface area contributed by atoms with Crippen molar-refractivity contribution in [2.45, 2.75) is 13.8 Å². The molecule has 96 valence electrons. The van der Waals surface area contributed by atoms with Crippen LogP contribution in [0.1, 0.15) is 11.4 Å². The standard InChI is InChI=1S/C13H11ClN4O/c1-7-3-12(19)11(14)4-10(7)9-5-15-13-16-8(2)17-18(13)6-9/h3-6,19H,1-2H3. The van der Waals surface area contributed by atoms with E-state index in [9.17, 15) is 5.11 Å². The molecule has 0 saturated heterocycles. The molecule has 0 atom stereocenters. The second kappa shape index (κ2) is 4.20.